The number of aliphatic imine (C=N–C) groups is 1. The van der Waals surface area contributed by atoms with Gasteiger partial charge in [-0.2, -0.15) is 0 Å². The fourth-order valence-electron chi connectivity index (χ4n) is 3.24. The summed E-state index contributed by atoms with van der Waals surface area (Å²) in [5.41, 5.74) is 1.17. The van der Waals surface area contributed by atoms with Gasteiger partial charge in [-0.05, 0) is 42.9 Å². The van der Waals surface area contributed by atoms with Gasteiger partial charge in [0.25, 0.3) is 10.0 Å². The second kappa shape index (κ2) is 9.09. The fourth-order valence-corrected chi connectivity index (χ4v) is 5.27. The second-order valence-corrected chi connectivity index (χ2v) is 9.92. The van der Waals surface area contributed by atoms with Crippen LogP contribution in [0.1, 0.15) is 12.8 Å². The molecule has 0 aromatic heterocycles. The summed E-state index contributed by atoms with van der Waals surface area (Å²) in [5, 5.41) is 0.690. The Morgan fingerprint density at radius 1 is 1.13 bits per heavy atom. The molecule has 1 atom stereocenters. The Morgan fingerprint density at radius 2 is 1.94 bits per heavy atom. The summed E-state index contributed by atoms with van der Waals surface area (Å²) >= 11 is 18.8. The van der Waals surface area contributed by atoms with Gasteiger partial charge in [0.2, 0.25) is 0 Å². The van der Waals surface area contributed by atoms with Crippen LogP contribution in [0.2, 0.25) is 5.02 Å². The number of halogens is 3. The lowest BCUT2D eigenvalue weighted by molar-refractivity contribution is 0.316. The second-order valence-electron chi connectivity index (χ2n) is 6.97. The fraction of sp³-hybridized carbons (Fsp3) is 0.136. The van der Waals surface area contributed by atoms with Crippen molar-refractivity contribution in [1.82, 2.24) is 4.72 Å². The lowest BCUT2D eigenvalue weighted by Crippen LogP contribution is -2.22. The molecule has 0 fully saturated rings. The molecule has 0 amide bonds. The van der Waals surface area contributed by atoms with Gasteiger partial charge in [0.05, 0.1) is 22.0 Å². The highest BCUT2D eigenvalue weighted by Gasteiger charge is 2.22. The zero-order valence-electron chi connectivity index (χ0n) is 16.1. The SMILES string of the molecule is O=S(=O)(NC1=CC(Cl)=C(OC2=CC3CC=CC=C3N=C2)CC(Cl)=C1)c1ccccc1Cl. The van der Waals surface area contributed by atoms with Crippen LogP contribution in [0.5, 0.6) is 0 Å². The molecule has 31 heavy (non-hydrogen) atoms. The number of nitrogens with one attached hydrogen (secondary N) is 1. The highest BCUT2D eigenvalue weighted by Crippen LogP contribution is 2.32. The van der Waals surface area contributed by atoms with E-state index in [0.29, 0.717) is 16.6 Å². The van der Waals surface area contributed by atoms with Crippen molar-refractivity contribution in [1.29, 1.82) is 0 Å². The summed E-state index contributed by atoms with van der Waals surface area (Å²) in [6.45, 7) is 0. The van der Waals surface area contributed by atoms with Crippen LogP contribution in [0, 0.1) is 5.92 Å². The number of allylic oxidation sites excluding steroid dienone is 9. The number of hydrogen-bond acceptors (Lipinski definition) is 4. The van der Waals surface area contributed by atoms with E-state index in [9.17, 15) is 8.42 Å². The molecule has 1 aromatic carbocycles. The first-order valence-electron chi connectivity index (χ1n) is 9.36. The third kappa shape index (κ3) is 5.15. The molecule has 160 valence electrons. The first kappa shape index (κ1) is 22.0. The van der Waals surface area contributed by atoms with Crippen molar-refractivity contribution >= 4 is 51.0 Å². The maximum Gasteiger partial charge on any atom is 0.263 e. The van der Waals surface area contributed by atoms with Crippen LogP contribution in [0.4, 0.5) is 0 Å². The normalized spacial score (nSPS) is 20.8. The number of sulfonamides is 1. The number of benzene rings is 1. The first-order chi connectivity index (χ1) is 14.8. The van der Waals surface area contributed by atoms with Crippen molar-refractivity contribution < 1.29 is 13.2 Å². The Kier molecular flexibility index (Phi) is 6.44. The van der Waals surface area contributed by atoms with Crippen LogP contribution in [0.15, 0.2) is 104 Å². The zero-order valence-corrected chi connectivity index (χ0v) is 19.1. The Bertz CT molecular complexity index is 1240. The van der Waals surface area contributed by atoms with E-state index >= 15 is 0 Å². The van der Waals surface area contributed by atoms with Crippen LogP contribution < -0.4 is 4.72 Å². The van der Waals surface area contributed by atoms with Gasteiger partial charge >= 0.3 is 0 Å². The van der Waals surface area contributed by atoms with Crippen molar-refractivity contribution in [3.8, 4) is 0 Å². The van der Waals surface area contributed by atoms with E-state index in [0.717, 1.165) is 12.1 Å². The molecule has 0 bridgehead atoms. The van der Waals surface area contributed by atoms with Crippen LogP contribution in [-0.4, -0.2) is 14.6 Å². The largest absolute Gasteiger partial charge is 0.458 e. The van der Waals surface area contributed by atoms with Crippen molar-refractivity contribution in [3.63, 3.8) is 0 Å². The molecule has 1 aliphatic heterocycles. The average molecular weight is 496 g/mol. The van der Waals surface area contributed by atoms with Crippen molar-refractivity contribution in [3.05, 3.63) is 98.7 Å². The number of hydrogen-bond donors (Lipinski definition) is 1. The molecule has 5 nitrogen and oxygen atoms in total. The third-order valence-electron chi connectivity index (χ3n) is 4.69. The number of fused-ring (bicyclic) bond motifs is 1. The van der Waals surface area contributed by atoms with E-state index in [1.165, 1.54) is 24.3 Å². The van der Waals surface area contributed by atoms with E-state index in [4.69, 9.17) is 39.5 Å². The van der Waals surface area contributed by atoms with Gasteiger partial charge in [0, 0.05) is 23.1 Å². The molecule has 1 unspecified atom stereocenters. The highest BCUT2D eigenvalue weighted by atomic mass is 35.5. The first-order valence-corrected chi connectivity index (χ1v) is 12.0. The van der Waals surface area contributed by atoms with Crippen molar-refractivity contribution in [2.24, 2.45) is 10.9 Å². The predicted octanol–water partition coefficient (Wildman–Crippen LogP) is 5.92. The molecule has 1 N–H and O–H groups in total. The van der Waals surface area contributed by atoms with Crippen LogP contribution in [-0.2, 0) is 14.8 Å². The van der Waals surface area contributed by atoms with Gasteiger partial charge in [0.15, 0.2) is 0 Å². The predicted molar refractivity (Wildman–Crippen MR) is 124 cm³/mol. The molecular weight excluding hydrogens is 479 g/mol. The maximum absolute atomic E-state index is 12.7. The number of nitrogens with zero attached hydrogens (tertiary/aromatic N) is 1. The summed E-state index contributed by atoms with van der Waals surface area (Å²) in [5.74, 6) is 1.10. The smallest absolute Gasteiger partial charge is 0.263 e. The summed E-state index contributed by atoms with van der Waals surface area (Å²) in [7, 11) is -3.93. The Morgan fingerprint density at radius 3 is 2.74 bits per heavy atom. The van der Waals surface area contributed by atoms with E-state index in [-0.39, 0.29) is 33.0 Å². The Labute approximate surface area is 195 Å². The molecule has 1 heterocycles. The molecule has 2 aliphatic carbocycles. The van der Waals surface area contributed by atoms with Gasteiger partial charge in [-0.1, -0.05) is 59.1 Å². The minimum atomic E-state index is -3.93. The quantitative estimate of drug-likeness (QED) is 0.551. The summed E-state index contributed by atoms with van der Waals surface area (Å²) in [6, 6.07) is 6.16. The molecule has 0 saturated heterocycles. The third-order valence-corrected chi connectivity index (χ3v) is 7.13. The van der Waals surface area contributed by atoms with E-state index in [2.05, 4.69) is 15.8 Å². The Balaban J connectivity index is 1.58. The lowest BCUT2D eigenvalue weighted by Gasteiger charge is -2.20. The summed E-state index contributed by atoms with van der Waals surface area (Å²) in [4.78, 5) is 4.39. The van der Waals surface area contributed by atoms with Crippen LogP contribution >= 0.6 is 34.8 Å². The van der Waals surface area contributed by atoms with Gasteiger partial charge in [-0.15, -0.1) is 0 Å². The molecule has 9 heteroatoms. The molecule has 0 spiro atoms. The average Bonchev–Trinajstić information content (AvgIpc) is 2.85. The van der Waals surface area contributed by atoms with Crippen molar-refractivity contribution in [2.75, 3.05) is 0 Å². The standard InChI is InChI=1S/C22H17Cl3N2O3S/c23-15-10-16(27-31(28,29)22-8-4-2-6-18(22)24)12-19(25)21(11-15)30-17-9-14-5-1-3-7-20(14)26-13-17/h1-4,6-10,12-14,27H,5,11H2. The van der Waals surface area contributed by atoms with E-state index < -0.39 is 10.0 Å². The van der Waals surface area contributed by atoms with Gasteiger partial charge in [-0.25, -0.2) is 8.42 Å². The van der Waals surface area contributed by atoms with Crippen LogP contribution in [0.3, 0.4) is 0 Å². The molecule has 3 aliphatic rings. The monoisotopic (exact) mass is 494 g/mol. The van der Waals surface area contributed by atoms with E-state index in [1.54, 1.807) is 18.3 Å². The molecule has 4 rings (SSSR count). The zero-order chi connectivity index (χ0) is 22.0. The number of dihydropyridines is 1. The summed E-state index contributed by atoms with van der Waals surface area (Å²) in [6.07, 6.45) is 13.6. The topological polar surface area (TPSA) is 67.8 Å². The Hall–Kier alpha value is -2.25. The maximum atomic E-state index is 12.7. The van der Waals surface area contributed by atoms with Gasteiger partial charge in [-0.3, -0.25) is 9.71 Å². The number of rotatable bonds is 5. The lowest BCUT2D eigenvalue weighted by atomic mass is 9.95. The molecular formula is C22H17Cl3N2O3S. The molecule has 0 saturated carbocycles. The minimum Gasteiger partial charge on any atom is -0.458 e. The summed E-state index contributed by atoms with van der Waals surface area (Å²) < 4.78 is 33.9. The van der Waals surface area contributed by atoms with Crippen LogP contribution in [0.25, 0.3) is 0 Å². The molecule has 0 radical (unpaired) electrons. The van der Waals surface area contributed by atoms with Crippen molar-refractivity contribution in [2.45, 2.75) is 17.7 Å². The van der Waals surface area contributed by atoms with Gasteiger partial charge < -0.3 is 4.74 Å². The van der Waals surface area contributed by atoms with E-state index in [1.807, 2.05) is 18.2 Å². The van der Waals surface area contributed by atoms with Gasteiger partial charge in [0.1, 0.15) is 16.4 Å². The number of ether oxygens (including phenoxy) is 1. The highest BCUT2D eigenvalue weighted by molar-refractivity contribution is 7.89. The minimum absolute atomic E-state index is 0.0446. The molecule has 1 aromatic rings.